The normalized spacial score (nSPS) is 16.9. The van der Waals surface area contributed by atoms with Crippen molar-refractivity contribution in [1.29, 1.82) is 0 Å². The second kappa shape index (κ2) is 11.9. The highest BCUT2D eigenvalue weighted by molar-refractivity contribution is 6.74. The zero-order valence-electron chi connectivity index (χ0n) is 22.3. The largest absolute Gasteiger partial charge is 0.469 e. The van der Waals surface area contributed by atoms with Crippen molar-refractivity contribution in [2.75, 3.05) is 25.5 Å². The SMILES string of the molecule is COC(=O)CC1Oc2ccc(NC[C@@H](C)NC[C@H](O[Si](C)(C)C(C)(C)C)c3cccc(Cl)c3)cc2O1. The third-order valence-corrected chi connectivity index (χ3v) is 11.5. The molecule has 198 valence electrons. The highest BCUT2D eigenvalue weighted by Crippen LogP contribution is 2.40. The minimum atomic E-state index is -1.99. The predicted molar refractivity (Wildman–Crippen MR) is 147 cm³/mol. The molecule has 3 atom stereocenters. The topological polar surface area (TPSA) is 78.1 Å². The summed E-state index contributed by atoms with van der Waals surface area (Å²) in [5.41, 5.74) is 1.99. The van der Waals surface area contributed by atoms with E-state index in [1.807, 2.05) is 36.4 Å². The Balaban J connectivity index is 1.57. The van der Waals surface area contributed by atoms with Gasteiger partial charge in [-0.1, -0.05) is 44.5 Å². The summed E-state index contributed by atoms with van der Waals surface area (Å²) in [5.74, 6) is 0.853. The fourth-order valence-electron chi connectivity index (χ4n) is 3.54. The van der Waals surface area contributed by atoms with Crippen molar-refractivity contribution >= 4 is 31.6 Å². The minimum absolute atomic E-state index is 0.0413. The summed E-state index contributed by atoms with van der Waals surface area (Å²) < 4.78 is 22.9. The monoisotopic (exact) mass is 534 g/mol. The Bertz CT molecular complexity index is 1040. The van der Waals surface area contributed by atoms with E-state index in [0.29, 0.717) is 29.6 Å². The van der Waals surface area contributed by atoms with Crippen LogP contribution in [0.3, 0.4) is 0 Å². The Morgan fingerprint density at radius 1 is 1.11 bits per heavy atom. The van der Waals surface area contributed by atoms with Gasteiger partial charge < -0.3 is 29.3 Å². The molecule has 0 amide bonds. The van der Waals surface area contributed by atoms with Gasteiger partial charge in [0.05, 0.1) is 13.2 Å². The second-order valence-electron chi connectivity index (χ2n) is 10.7. The van der Waals surface area contributed by atoms with Crippen LogP contribution < -0.4 is 20.1 Å². The van der Waals surface area contributed by atoms with Gasteiger partial charge in [0.25, 0.3) is 6.29 Å². The summed E-state index contributed by atoms with van der Waals surface area (Å²) in [6.07, 6.45) is -0.712. The van der Waals surface area contributed by atoms with E-state index < -0.39 is 14.6 Å². The van der Waals surface area contributed by atoms with Gasteiger partial charge in [0.1, 0.15) is 6.42 Å². The lowest BCUT2D eigenvalue weighted by Crippen LogP contribution is -2.44. The highest BCUT2D eigenvalue weighted by atomic mass is 35.5. The number of benzene rings is 2. The number of fused-ring (bicyclic) bond motifs is 1. The molecule has 1 aliphatic heterocycles. The number of hydrogen-bond acceptors (Lipinski definition) is 7. The number of methoxy groups -OCH3 is 1. The van der Waals surface area contributed by atoms with Gasteiger partial charge in [-0.3, -0.25) is 4.79 Å². The van der Waals surface area contributed by atoms with Gasteiger partial charge in [0, 0.05) is 35.9 Å². The molecule has 0 spiro atoms. The summed E-state index contributed by atoms with van der Waals surface area (Å²) in [7, 11) is -0.648. The van der Waals surface area contributed by atoms with Crippen LogP contribution in [0.5, 0.6) is 11.5 Å². The van der Waals surface area contributed by atoms with Crippen LogP contribution in [-0.4, -0.2) is 46.8 Å². The van der Waals surface area contributed by atoms with E-state index in [0.717, 1.165) is 11.3 Å². The van der Waals surface area contributed by atoms with Crippen molar-refractivity contribution in [2.45, 2.75) is 70.7 Å². The van der Waals surface area contributed by atoms with Gasteiger partial charge in [-0.05, 0) is 54.9 Å². The molecular formula is C27H39ClN2O5Si. The number of ether oxygens (including phenoxy) is 3. The number of carbonyl (C=O) groups is 1. The number of rotatable bonds is 11. The van der Waals surface area contributed by atoms with Crippen LogP contribution in [0.25, 0.3) is 0 Å². The molecule has 0 bridgehead atoms. The van der Waals surface area contributed by atoms with Gasteiger partial charge in [-0.2, -0.15) is 0 Å². The molecule has 0 saturated carbocycles. The number of halogens is 1. The minimum Gasteiger partial charge on any atom is -0.469 e. The maximum absolute atomic E-state index is 11.5. The van der Waals surface area contributed by atoms with E-state index >= 15 is 0 Å². The fraction of sp³-hybridized carbons (Fsp3) is 0.519. The third-order valence-electron chi connectivity index (χ3n) is 6.75. The lowest BCUT2D eigenvalue weighted by atomic mass is 10.1. The molecule has 7 nitrogen and oxygen atoms in total. The van der Waals surface area contributed by atoms with Gasteiger partial charge in [0.15, 0.2) is 19.8 Å². The fourth-order valence-corrected chi connectivity index (χ4v) is 5.02. The first-order valence-electron chi connectivity index (χ1n) is 12.3. The number of anilines is 1. The molecule has 1 aliphatic rings. The van der Waals surface area contributed by atoms with Crippen LogP contribution in [0.15, 0.2) is 42.5 Å². The van der Waals surface area contributed by atoms with E-state index in [-0.39, 0.29) is 29.6 Å². The van der Waals surface area contributed by atoms with Crippen molar-refractivity contribution in [1.82, 2.24) is 5.32 Å². The molecule has 0 aromatic heterocycles. The lowest BCUT2D eigenvalue weighted by Gasteiger charge is -2.39. The van der Waals surface area contributed by atoms with Gasteiger partial charge in [0.2, 0.25) is 0 Å². The van der Waals surface area contributed by atoms with E-state index in [2.05, 4.69) is 62.2 Å². The van der Waals surface area contributed by atoms with E-state index in [1.54, 1.807) is 0 Å². The summed E-state index contributed by atoms with van der Waals surface area (Å²) in [6.45, 7) is 14.8. The number of esters is 1. The summed E-state index contributed by atoms with van der Waals surface area (Å²) in [6, 6.07) is 13.8. The van der Waals surface area contributed by atoms with Crippen LogP contribution in [-0.2, 0) is 14.0 Å². The van der Waals surface area contributed by atoms with Gasteiger partial charge in [-0.25, -0.2) is 0 Å². The van der Waals surface area contributed by atoms with E-state index in [1.165, 1.54) is 7.11 Å². The van der Waals surface area contributed by atoms with Gasteiger partial charge in [-0.15, -0.1) is 0 Å². The second-order valence-corrected chi connectivity index (χ2v) is 15.9. The number of carbonyl (C=O) groups excluding carboxylic acids is 1. The van der Waals surface area contributed by atoms with Crippen molar-refractivity contribution < 1.29 is 23.4 Å². The van der Waals surface area contributed by atoms with E-state index in [4.69, 9.17) is 25.5 Å². The maximum Gasteiger partial charge on any atom is 0.313 e. The Kier molecular flexibility index (Phi) is 9.32. The number of hydrogen-bond donors (Lipinski definition) is 2. The maximum atomic E-state index is 11.5. The zero-order chi connectivity index (χ0) is 26.5. The van der Waals surface area contributed by atoms with Crippen LogP contribution in [0.2, 0.25) is 23.2 Å². The quantitative estimate of drug-likeness (QED) is 0.264. The molecule has 36 heavy (non-hydrogen) atoms. The lowest BCUT2D eigenvalue weighted by molar-refractivity contribution is -0.145. The molecule has 0 radical (unpaired) electrons. The first-order valence-corrected chi connectivity index (χ1v) is 15.6. The molecule has 0 aliphatic carbocycles. The van der Waals surface area contributed by atoms with Crippen LogP contribution in [0.4, 0.5) is 5.69 Å². The summed E-state index contributed by atoms with van der Waals surface area (Å²) in [4.78, 5) is 11.5. The first kappa shape index (κ1) is 28.3. The average Bonchev–Trinajstić information content (AvgIpc) is 3.20. The first-order chi connectivity index (χ1) is 16.9. The molecule has 2 N–H and O–H groups in total. The molecular weight excluding hydrogens is 496 g/mol. The molecule has 0 fully saturated rings. The molecule has 9 heteroatoms. The summed E-state index contributed by atoms with van der Waals surface area (Å²) >= 11 is 6.30. The molecule has 0 saturated heterocycles. The standard InChI is InChI=1S/C27H39ClN2O5Si/c1-18(16-30-21-11-12-22-23(14-21)34-26(33-22)15-25(31)32-5)29-17-24(19-9-8-10-20(28)13-19)35-36(6,7)27(2,3)4/h8-14,18,24,26,29-30H,15-17H2,1-7H3/t18-,24+,26?/m1/s1. The highest BCUT2D eigenvalue weighted by Gasteiger charge is 2.39. The van der Waals surface area contributed by atoms with Crippen LogP contribution in [0, 0.1) is 0 Å². The average molecular weight is 535 g/mol. The Hall–Kier alpha value is -2.26. The summed E-state index contributed by atoms with van der Waals surface area (Å²) in [5, 5.41) is 7.87. The Labute approximate surface area is 220 Å². The molecule has 1 unspecified atom stereocenters. The van der Waals surface area contributed by atoms with E-state index in [9.17, 15) is 4.79 Å². The third kappa shape index (κ3) is 7.62. The van der Waals surface area contributed by atoms with Crippen molar-refractivity contribution in [3.05, 3.63) is 53.1 Å². The predicted octanol–water partition coefficient (Wildman–Crippen LogP) is 6.15. The molecule has 2 aromatic carbocycles. The van der Waals surface area contributed by atoms with Crippen molar-refractivity contribution in [3.8, 4) is 11.5 Å². The van der Waals surface area contributed by atoms with Crippen molar-refractivity contribution in [2.24, 2.45) is 0 Å². The number of nitrogens with one attached hydrogen (secondary N) is 2. The van der Waals surface area contributed by atoms with Crippen molar-refractivity contribution in [3.63, 3.8) is 0 Å². The molecule has 3 rings (SSSR count). The molecule has 2 aromatic rings. The zero-order valence-corrected chi connectivity index (χ0v) is 24.1. The Morgan fingerprint density at radius 2 is 1.83 bits per heavy atom. The Morgan fingerprint density at radius 3 is 2.50 bits per heavy atom. The van der Waals surface area contributed by atoms with Crippen LogP contribution >= 0.6 is 11.6 Å². The smallest absolute Gasteiger partial charge is 0.313 e. The molecule has 1 heterocycles. The van der Waals surface area contributed by atoms with Crippen LogP contribution in [0.1, 0.15) is 45.8 Å². The van der Waals surface area contributed by atoms with Gasteiger partial charge >= 0.3 is 5.97 Å².